The fraction of sp³-hybridized carbons (Fsp3) is 0.588. The number of halogens is 1. The van der Waals surface area contributed by atoms with Crippen LogP contribution in [-0.2, 0) is 9.53 Å². The monoisotopic (exact) mass is 366 g/mol. The number of carbonyl (C=O) groups is 1. The maximum absolute atomic E-state index is 12.5. The van der Waals surface area contributed by atoms with Crippen molar-refractivity contribution in [2.45, 2.75) is 37.8 Å². The number of rotatable bonds is 3. The molecule has 0 bridgehead atoms. The van der Waals surface area contributed by atoms with E-state index >= 15 is 0 Å². The van der Waals surface area contributed by atoms with Gasteiger partial charge in [-0.05, 0) is 36.5 Å². The lowest BCUT2D eigenvalue weighted by Gasteiger charge is -2.34. The van der Waals surface area contributed by atoms with E-state index in [4.69, 9.17) is 10.5 Å². The van der Waals surface area contributed by atoms with Crippen molar-refractivity contribution in [2.75, 3.05) is 19.7 Å². The Morgan fingerprint density at radius 3 is 2.77 bits per heavy atom. The van der Waals surface area contributed by atoms with Crippen LogP contribution in [0.2, 0.25) is 0 Å². The molecule has 22 heavy (non-hydrogen) atoms. The van der Waals surface area contributed by atoms with Crippen molar-refractivity contribution in [3.63, 3.8) is 0 Å². The third-order valence-electron chi connectivity index (χ3n) is 4.82. The molecule has 1 aromatic rings. The Hall–Kier alpha value is -0.910. The van der Waals surface area contributed by atoms with E-state index in [0.29, 0.717) is 32.0 Å². The second kappa shape index (κ2) is 7.11. The fourth-order valence-electron chi connectivity index (χ4n) is 3.43. The van der Waals surface area contributed by atoms with Gasteiger partial charge in [0.25, 0.3) is 0 Å². The van der Waals surface area contributed by atoms with E-state index in [1.807, 2.05) is 17.0 Å². The molecule has 4 nitrogen and oxygen atoms in total. The SMILES string of the molecule is N[C@@H]1CCC[C@H]1CC(=O)N1CCOC(c2ccc(Br)cc2)C1. The summed E-state index contributed by atoms with van der Waals surface area (Å²) in [6.45, 7) is 1.93. The van der Waals surface area contributed by atoms with Crippen LogP contribution in [0.4, 0.5) is 0 Å². The van der Waals surface area contributed by atoms with Gasteiger partial charge in [0.05, 0.1) is 13.2 Å². The minimum atomic E-state index is -0.0250. The van der Waals surface area contributed by atoms with E-state index in [1.165, 1.54) is 0 Å². The predicted molar refractivity (Wildman–Crippen MR) is 89.3 cm³/mol. The van der Waals surface area contributed by atoms with Crippen LogP contribution in [0.15, 0.2) is 28.7 Å². The summed E-state index contributed by atoms with van der Waals surface area (Å²) in [6, 6.07) is 8.33. The predicted octanol–water partition coefficient (Wildman–Crippen LogP) is 2.87. The molecule has 1 aliphatic carbocycles. The first-order chi connectivity index (χ1) is 10.6. The number of carbonyl (C=O) groups excluding carboxylic acids is 1. The number of hydrogen-bond donors (Lipinski definition) is 1. The molecule has 120 valence electrons. The second-order valence-electron chi connectivity index (χ2n) is 6.31. The molecule has 1 unspecified atom stereocenters. The van der Waals surface area contributed by atoms with Gasteiger partial charge in [0.2, 0.25) is 5.91 Å². The van der Waals surface area contributed by atoms with Crippen molar-refractivity contribution in [2.24, 2.45) is 11.7 Å². The van der Waals surface area contributed by atoms with E-state index in [9.17, 15) is 4.79 Å². The Bertz CT molecular complexity index is 520. The van der Waals surface area contributed by atoms with Crippen LogP contribution in [0, 0.1) is 5.92 Å². The molecule has 0 spiro atoms. The lowest BCUT2D eigenvalue weighted by Crippen LogP contribution is -2.43. The summed E-state index contributed by atoms with van der Waals surface area (Å²) in [5.74, 6) is 0.592. The van der Waals surface area contributed by atoms with Gasteiger partial charge in [-0.25, -0.2) is 0 Å². The minimum Gasteiger partial charge on any atom is -0.370 e. The molecule has 1 heterocycles. The molecule has 3 rings (SSSR count). The average Bonchev–Trinajstić information content (AvgIpc) is 2.93. The highest BCUT2D eigenvalue weighted by molar-refractivity contribution is 9.10. The third kappa shape index (κ3) is 3.70. The first kappa shape index (κ1) is 16.0. The number of morpholine rings is 1. The zero-order valence-corrected chi connectivity index (χ0v) is 14.3. The normalized spacial score (nSPS) is 28.8. The highest BCUT2D eigenvalue weighted by Gasteiger charge is 2.30. The van der Waals surface area contributed by atoms with Crippen LogP contribution in [0.3, 0.4) is 0 Å². The summed E-state index contributed by atoms with van der Waals surface area (Å²) in [6.07, 6.45) is 3.87. The molecule has 1 aliphatic heterocycles. The summed E-state index contributed by atoms with van der Waals surface area (Å²) < 4.78 is 6.89. The van der Waals surface area contributed by atoms with E-state index in [0.717, 1.165) is 29.3 Å². The first-order valence-corrected chi connectivity index (χ1v) is 8.83. The van der Waals surface area contributed by atoms with Crippen molar-refractivity contribution in [3.8, 4) is 0 Å². The maximum Gasteiger partial charge on any atom is 0.223 e. The zero-order valence-electron chi connectivity index (χ0n) is 12.7. The molecule has 5 heteroatoms. The number of ether oxygens (including phenoxy) is 1. The summed E-state index contributed by atoms with van der Waals surface area (Å²) in [5.41, 5.74) is 7.21. The standard InChI is InChI=1S/C17H23BrN2O2/c18-14-6-4-12(5-7-14)16-11-20(8-9-22-16)17(21)10-13-2-1-3-15(13)19/h4-7,13,15-16H,1-3,8-11,19H2/t13-,15+,16?/m0/s1. The van der Waals surface area contributed by atoms with Crippen LogP contribution in [-0.4, -0.2) is 36.5 Å². The molecular weight excluding hydrogens is 344 g/mol. The van der Waals surface area contributed by atoms with Gasteiger partial charge < -0.3 is 15.4 Å². The Morgan fingerprint density at radius 2 is 2.09 bits per heavy atom. The summed E-state index contributed by atoms with van der Waals surface area (Å²) >= 11 is 3.44. The molecule has 1 aromatic carbocycles. The molecule has 1 saturated heterocycles. The Morgan fingerprint density at radius 1 is 1.32 bits per heavy atom. The highest BCUT2D eigenvalue weighted by Crippen LogP contribution is 2.29. The van der Waals surface area contributed by atoms with Crippen LogP contribution in [0.1, 0.15) is 37.4 Å². The highest BCUT2D eigenvalue weighted by atomic mass is 79.9. The molecule has 0 aromatic heterocycles. The molecule has 2 fully saturated rings. The van der Waals surface area contributed by atoms with Gasteiger partial charge in [0.1, 0.15) is 6.10 Å². The fourth-order valence-corrected chi connectivity index (χ4v) is 3.69. The zero-order chi connectivity index (χ0) is 15.5. The summed E-state index contributed by atoms with van der Waals surface area (Å²) in [5, 5.41) is 0. The van der Waals surface area contributed by atoms with Crippen LogP contribution in [0.5, 0.6) is 0 Å². The van der Waals surface area contributed by atoms with Gasteiger partial charge in [-0.15, -0.1) is 0 Å². The molecule has 2 N–H and O–H groups in total. The molecule has 1 saturated carbocycles. The van der Waals surface area contributed by atoms with Crippen molar-refractivity contribution >= 4 is 21.8 Å². The van der Waals surface area contributed by atoms with Gasteiger partial charge >= 0.3 is 0 Å². The van der Waals surface area contributed by atoms with Gasteiger partial charge in [-0.1, -0.05) is 34.5 Å². The average molecular weight is 367 g/mol. The minimum absolute atomic E-state index is 0.0250. The Kier molecular flexibility index (Phi) is 5.16. The second-order valence-corrected chi connectivity index (χ2v) is 7.23. The number of nitrogens with two attached hydrogens (primary N) is 1. The lowest BCUT2D eigenvalue weighted by molar-refractivity contribution is -0.140. The van der Waals surface area contributed by atoms with Gasteiger partial charge in [-0.2, -0.15) is 0 Å². The van der Waals surface area contributed by atoms with Gasteiger partial charge in [0, 0.05) is 23.5 Å². The number of benzene rings is 1. The van der Waals surface area contributed by atoms with Crippen LogP contribution >= 0.6 is 15.9 Å². The smallest absolute Gasteiger partial charge is 0.223 e. The molecule has 2 aliphatic rings. The molecule has 0 radical (unpaired) electrons. The molecular formula is C17H23BrN2O2. The topological polar surface area (TPSA) is 55.6 Å². The third-order valence-corrected chi connectivity index (χ3v) is 5.34. The van der Waals surface area contributed by atoms with Crippen LogP contribution < -0.4 is 5.73 Å². The Labute approximate surface area is 140 Å². The van der Waals surface area contributed by atoms with E-state index in [-0.39, 0.29) is 18.1 Å². The lowest BCUT2D eigenvalue weighted by atomic mass is 9.99. The summed E-state index contributed by atoms with van der Waals surface area (Å²) in [4.78, 5) is 14.5. The first-order valence-electron chi connectivity index (χ1n) is 8.04. The number of nitrogens with zero attached hydrogens (tertiary/aromatic N) is 1. The number of hydrogen-bond acceptors (Lipinski definition) is 3. The number of amides is 1. The quantitative estimate of drug-likeness (QED) is 0.894. The van der Waals surface area contributed by atoms with Crippen molar-refractivity contribution in [1.29, 1.82) is 0 Å². The maximum atomic E-state index is 12.5. The van der Waals surface area contributed by atoms with E-state index in [2.05, 4.69) is 28.1 Å². The van der Waals surface area contributed by atoms with E-state index in [1.54, 1.807) is 0 Å². The van der Waals surface area contributed by atoms with Crippen molar-refractivity contribution in [1.82, 2.24) is 4.90 Å². The summed E-state index contributed by atoms with van der Waals surface area (Å²) in [7, 11) is 0. The van der Waals surface area contributed by atoms with Gasteiger partial charge in [0.15, 0.2) is 0 Å². The van der Waals surface area contributed by atoms with Crippen LogP contribution in [0.25, 0.3) is 0 Å². The molecule has 1 amide bonds. The van der Waals surface area contributed by atoms with Crippen molar-refractivity contribution < 1.29 is 9.53 Å². The van der Waals surface area contributed by atoms with E-state index < -0.39 is 0 Å². The van der Waals surface area contributed by atoms with Gasteiger partial charge in [-0.3, -0.25) is 4.79 Å². The molecule has 3 atom stereocenters. The Balaban J connectivity index is 1.60. The van der Waals surface area contributed by atoms with Crippen molar-refractivity contribution in [3.05, 3.63) is 34.3 Å². The largest absolute Gasteiger partial charge is 0.370 e.